The Morgan fingerprint density at radius 3 is 2.60 bits per heavy atom. The minimum Gasteiger partial charge on any atom is -0.497 e. The number of hydrogen-bond donors (Lipinski definition) is 1. The molecule has 0 atom stereocenters. The second kappa shape index (κ2) is 9.84. The van der Waals surface area contributed by atoms with Crippen molar-refractivity contribution in [1.82, 2.24) is 5.43 Å². The van der Waals surface area contributed by atoms with E-state index in [1.165, 1.54) is 13.3 Å². The largest absolute Gasteiger partial charge is 0.497 e. The Kier molecular flexibility index (Phi) is 6.98. The average molecular weight is 467 g/mol. The lowest BCUT2D eigenvalue weighted by atomic mass is 10.1. The van der Waals surface area contributed by atoms with E-state index in [0.29, 0.717) is 28.2 Å². The lowest BCUT2D eigenvalue weighted by Gasteiger charge is -2.09. The van der Waals surface area contributed by atoms with Gasteiger partial charge in [-0.15, -0.1) is 0 Å². The molecule has 0 radical (unpaired) electrons. The van der Waals surface area contributed by atoms with Crippen molar-refractivity contribution in [2.45, 2.75) is 6.92 Å². The summed E-state index contributed by atoms with van der Waals surface area (Å²) in [4.78, 5) is 24.8. The number of halogens is 1. The molecule has 0 aromatic heterocycles. The highest BCUT2D eigenvalue weighted by molar-refractivity contribution is 9.10. The Balaban J connectivity index is 1.75. The highest BCUT2D eigenvalue weighted by Crippen LogP contribution is 2.23. The normalized spacial score (nSPS) is 10.6. The molecule has 7 heteroatoms. The van der Waals surface area contributed by atoms with Crippen molar-refractivity contribution in [1.29, 1.82) is 0 Å². The first kappa shape index (κ1) is 21.3. The lowest BCUT2D eigenvalue weighted by Crippen LogP contribution is -2.17. The molecule has 0 aliphatic carbocycles. The van der Waals surface area contributed by atoms with Gasteiger partial charge in [-0.2, -0.15) is 5.10 Å². The molecule has 3 aromatic rings. The third-order valence-electron chi connectivity index (χ3n) is 4.24. The number of methoxy groups -OCH3 is 1. The van der Waals surface area contributed by atoms with Crippen molar-refractivity contribution in [2.75, 3.05) is 7.11 Å². The fourth-order valence-corrected chi connectivity index (χ4v) is 3.04. The number of hydrazone groups is 1. The molecular weight excluding hydrogens is 448 g/mol. The summed E-state index contributed by atoms with van der Waals surface area (Å²) in [6, 6.07) is 19.1. The van der Waals surface area contributed by atoms with Gasteiger partial charge in [0.25, 0.3) is 5.91 Å². The van der Waals surface area contributed by atoms with Crippen LogP contribution in [0.2, 0.25) is 0 Å². The van der Waals surface area contributed by atoms with Gasteiger partial charge in [0, 0.05) is 15.6 Å². The summed E-state index contributed by atoms with van der Waals surface area (Å²) >= 11 is 3.39. The number of esters is 1. The lowest BCUT2D eigenvalue weighted by molar-refractivity contribution is 0.0733. The molecule has 0 heterocycles. The van der Waals surface area contributed by atoms with E-state index in [1.54, 1.807) is 54.6 Å². The van der Waals surface area contributed by atoms with Gasteiger partial charge < -0.3 is 9.47 Å². The third-order valence-corrected chi connectivity index (χ3v) is 4.73. The van der Waals surface area contributed by atoms with Crippen LogP contribution in [0.25, 0.3) is 0 Å². The molecule has 0 aliphatic rings. The maximum atomic E-state index is 12.5. The summed E-state index contributed by atoms with van der Waals surface area (Å²) in [6.07, 6.45) is 1.42. The van der Waals surface area contributed by atoms with Crippen LogP contribution in [-0.2, 0) is 0 Å². The van der Waals surface area contributed by atoms with Crippen LogP contribution in [0.5, 0.6) is 11.5 Å². The van der Waals surface area contributed by atoms with Gasteiger partial charge in [0.15, 0.2) is 0 Å². The molecule has 3 aromatic carbocycles. The van der Waals surface area contributed by atoms with Crippen LogP contribution in [0.1, 0.15) is 31.8 Å². The maximum absolute atomic E-state index is 12.5. The number of amides is 1. The number of ether oxygens (including phenoxy) is 2. The van der Waals surface area contributed by atoms with Gasteiger partial charge in [-0.25, -0.2) is 10.2 Å². The van der Waals surface area contributed by atoms with Crippen molar-refractivity contribution in [3.05, 3.63) is 93.5 Å². The van der Waals surface area contributed by atoms with E-state index in [-0.39, 0.29) is 0 Å². The van der Waals surface area contributed by atoms with Gasteiger partial charge in [0.05, 0.1) is 18.9 Å². The van der Waals surface area contributed by atoms with Crippen LogP contribution in [0, 0.1) is 6.92 Å². The Labute approximate surface area is 182 Å². The van der Waals surface area contributed by atoms with E-state index < -0.39 is 11.9 Å². The van der Waals surface area contributed by atoms with Crippen LogP contribution in [0.4, 0.5) is 0 Å². The highest BCUT2D eigenvalue weighted by Gasteiger charge is 2.13. The second-order valence-corrected chi connectivity index (χ2v) is 7.23. The van der Waals surface area contributed by atoms with Crippen molar-refractivity contribution >= 4 is 34.0 Å². The molecule has 1 amide bonds. The van der Waals surface area contributed by atoms with Crippen LogP contribution >= 0.6 is 15.9 Å². The summed E-state index contributed by atoms with van der Waals surface area (Å²) in [5.74, 6) is 0.0407. The molecule has 0 spiro atoms. The smallest absolute Gasteiger partial charge is 0.343 e. The Morgan fingerprint density at radius 1 is 1.03 bits per heavy atom. The zero-order valence-corrected chi connectivity index (χ0v) is 18.0. The average Bonchev–Trinajstić information content (AvgIpc) is 2.75. The number of benzene rings is 3. The van der Waals surface area contributed by atoms with Crippen molar-refractivity contribution in [3.63, 3.8) is 0 Å². The van der Waals surface area contributed by atoms with Gasteiger partial charge in [-0.05, 0) is 55.0 Å². The molecule has 0 aliphatic heterocycles. The summed E-state index contributed by atoms with van der Waals surface area (Å²) in [7, 11) is 1.53. The number of nitrogens with one attached hydrogen (secondary N) is 1. The molecule has 30 heavy (non-hydrogen) atoms. The van der Waals surface area contributed by atoms with E-state index in [1.807, 2.05) is 19.1 Å². The van der Waals surface area contributed by atoms with E-state index in [2.05, 4.69) is 26.5 Å². The number of aryl methyl sites for hydroxylation is 1. The molecule has 0 unspecified atom stereocenters. The summed E-state index contributed by atoms with van der Waals surface area (Å²) in [5, 5.41) is 4.00. The third kappa shape index (κ3) is 5.33. The first-order valence-corrected chi connectivity index (χ1v) is 9.82. The SMILES string of the molecule is COc1cccc(C(=O)N/N=C/c2cc(Br)ccc2OC(=O)c2ccccc2C)c1. The monoisotopic (exact) mass is 466 g/mol. The van der Waals surface area contributed by atoms with Gasteiger partial charge in [-0.3, -0.25) is 4.79 Å². The fraction of sp³-hybridized carbons (Fsp3) is 0.0870. The summed E-state index contributed by atoms with van der Waals surface area (Å²) in [5.41, 5.74) is 4.69. The topological polar surface area (TPSA) is 77.0 Å². The minimum absolute atomic E-state index is 0.325. The molecule has 0 saturated heterocycles. The summed E-state index contributed by atoms with van der Waals surface area (Å²) < 4.78 is 11.5. The number of rotatable bonds is 6. The predicted molar refractivity (Wildman–Crippen MR) is 118 cm³/mol. The molecule has 0 bridgehead atoms. The molecule has 0 fully saturated rings. The van der Waals surface area contributed by atoms with Crippen LogP contribution in [0.15, 0.2) is 76.3 Å². The Bertz CT molecular complexity index is 1110. The second-order valence-electron chi connectivity index (χ2n) is 6.32. The molecule has 6 nitrogen and oxygen atoms in total. The van der Waals surface area contributed by atoms with E-state index in [9.17, 15) is 9.59 Å². The standard InChI is InChI=1S/C23H19BrN2O4/c1-15-6-3-4-9-20(15)23(28)30-21-11-10-18(24)12-17(21)14-25-26-22(27)16-7-5-8-19(13-16)29-2/h3-14H,1-2H3,(H,26,27)/b25-14+. The van der Waals surface area contributed by atoms with Crippen LogP contribution in [0.3, 0.4) is 0 Å². The zero-order chi connectivity index (χ0) is 21.5. The number of nitrogens with zero attached hydrogens (tertiary/aromatic N) is 1. The molecular formula is C23H19BrN2O4. The number of hydrogen-bond acceptors (Lipinski definition) is 5. The Hall–Kier alpha value is -3.45. The van der Waals surface area contributed by atoms with Crippen molar-refractivity contribution in [3.8, 4) is 11.5 Å². The summed E-state index contributed by atoms with van der Waals surface area (Å²) in [6.45, 7) is 1.84. The van der Waals surface area contributed by atoms with Gasteiger partial charge in [0.1, 0.15) is 11.5 Å². The first-order chi connectivity index (χ1) is 14.5. The van der Waals surface area contributed by atoms with E-state index in [0.717, 1.165) is 10.0 Å². The molecule has 152 valence electrons. The molecule has 0 saturated carbocycles. The number of carbonyl (C=O) groups is 2. The van der Waals surface area contributed by atoms with Gasteiger partial charge in [-0.1, -0.05) is 40.2 Å². The fourth-order valence-electron chi connectivity index (χ4n) is 2.66. The van der Waals surface area contributed by atoms with Crippen LogP contribution in [-0.4, -0.2) is 25.2 Å². The quantitative estimate of drug-likeness (QED) is 0.246. The van der Waals surface area contributed by atoms with Crippen molar-refractivity contribution in [2.24, 2.45) is 5.10 Å². The first-order valence-electron chi connectivity index (χ1n) is 9.03. The van der Waals surface area contributed by atoms with Gasteiger partial charge >= 0.3 is 5.97 Å². The molecule has 1 N–H and O–H groups in total. The van der Waals surface area contributed by atoms with Crippen molar-refractivity contribution < 1.29 is 19.1 Å². The zero-order valence-electron chi connectivity index (χ0n) is 16.4. The minimum atomic E-state index is -0.467. The maximum Gasteiger partial charge on any atom is 0.343 e. The van der Waals surface area contributed by atoms with Crippen LogP contribution < -0.4 is 14.9 Å². The Morgan fingerprint density at radius 2 is 1.83 bits per heavy atom. The number of carbonyl (C=O) groups excluding carboxylic acids is 2. The van der Waals surface area contributed by atoms with E-state index >= 15 is 0 Å². The predicted octanol–water partition coefficient (Wildman–Crippen LogP) is 4.75. The molecule has 3 rings (SSSR count). The van der Waals surface area contributed by atoms with Gasteiger partial charge in [0.2, 0.25) is 0 Å². The highest BCUT2D eigenvalue weighted by atomic mass is 79.9. The van der Waals surface area contributed by atoms with E-state index in [4.69, 9.17) is 9.47 Å².